The maximum atomic E-state index is 12.7. The third kappa shape index (κ3) is 4.11. The zero-order chi connectivity index (χ0) is 18.5. The lowest BCUT2D eigenvalue weighted by Gasteiger charge is -2.35. The quantitative estimate of drug-likeness (QED) is 0.828. The van der Waals surface area contributed by atoms with E-state index >= 15 is 0 Å². The number of amides is 2. The zero-order valence-electron chi connectivity index (χ0n) is 15.7. The Morgan fingerprint density at radius 3 is 2.50 bits per heavy atom. The van der Waals surface area contributed by atoms with E-state index in [1.807, 2.05) is 19.1 Å². The van der Waals surface area contributed by atoms with Gasteiger partial charge in [-0.1, -0.05) is 12.1 Å². The van der Waals surface area contributed by atoms with Crippen molar-refractivity contribution in [1.29, 1.82) is 0 Å². The average molecular weight is 360 g/mol. The second-order valence-corrected chi connectivity index (χ2v) is 6.87. The maximum Gasteiger partial charge on any atom is 0.409 e. The Bertz CT molecular complexity index is 653. The molecule has 3 rings (SSSR count). The molecule has 2 amide bonds. The van der Waals surface area contributed by atoms with Crippen LogP contribution < -0.4 is 4.74 Å². The van der Waals surface area contributed by atoms with Crippen molar-refractivity contribution in [3.8, 4) is 5.75 Å². The molecule has 0 saturated carbocycles. The smallest absolute Gasteiger partial charge is 0.409 e. The number of benzene rings is 1. The molecule has 2 aliphatic rings. The molecular weight excluding hydrogens is 332 g/mol. The number of ether oxygens (including phenoxy) is 2. The first-order valence-corrected chi connectivity index (χ1v) is 9.58. The first kappa shape index (κ1) is 18.5. The monoisotopic (exact) mass is 360 g/mol. The lowest BCUT2D eigenvalue weighted by molar-refractivity contribution is -0.139. The minimum atomic E-state index is -0.530. The summed E-state index contributed by atoms with van der Waals surface area (Å²) in [6, 6.07) is 6.13. The SMILES string of the molecule is CCOC(=O)N1CCN(C(=O)[C@@H](C)Oc2cccc3c2CCCC3)CC1. The Morgan fingerprint density at radius 2 is 1.77 bits per heavy atom. The van der Waals surface area contributed by atoms with Crippen LogP contribution in [0.5, 0.6) is 5.75 Å². The van der Waals surface area contributed by atoms with Crippen molar-refractivity contribution in [2.45, 2.75) is 45.6 Å². The van der Waals surface area contributed by atoms with Gasteiger partial charge < -0.3 is 19.3 Å². The van der Waals surface area contributed by atoms with Crippen molar-refractivity contribution in [2.24, 2.45) is 0 Å². The van der Waals surface area contributed by atoms with Crippen molar-refractivity contribution >= 4 is 12.0 Å². The Kier molecular flexibility index (Phi) is 6.01. The number of hydrogen-bond donors (Lipinski definition) is 0. The van der Waals surface area contributed by atoms with Gasteiger partial charge in [-0.2, -0.15) is 0 Å². The van der Waals surface area contributed by atoms with E-state index in [1.54, 1.807) is 16.7 Å². The zero-order valence-corrected chi connectivity index (χ0v) is 15.7. The van der Waals surface area contributed by atoms with Crippen LogP contribution in [0.15, 0.2) is 18.2 Å². The third-order valence-electron chi connectivity index (χ3n) is 5.12. The fraction of sp³-hybridized carbons (Fsp3) is 0.600. The normalized spacial score (nSPS) is 18.1. The van der Waals surface area contributed by atoms with Gasteiger partial charge in [0.1, 0.15) is 5.75 Å². The van der Waals surface area contributed by atoms with Crippen molar-refractivity contribution in [1.82, 2.24) is 9.80 Å². The summed E-state index contributed by atoms with van der Waals surface area (Å²) in [4.78, 5) is 27.9. The Morgan fingerprint density at radius 1 is 1.08 bits per heavy atom. The highest BCUT2D eigenvalue weighted by molar-refractivity contribution is 5.81. The molecule has 6 nitrogen and oxygen atoms in total. The van der Waals surface area contributed by atoms with E-state index in [4.69, 9.17) is 9.47 Å². The number of hydrogen-bond acceptors (Lipinski definition) is 4. The summed E-state index contributed by atoms with van der Waals surface area (Å²) >= 11 is 0. The molecule has 6 heteroatoms. The van der Waals surface area contributed by atoms with E-state index in [0.29, 0.717) is 32.8 Å². The molecule has 0 N–H and O–H groups in total. The summed E-state index contributed by atoms with van der Waals surface area (Å²) in [7, 11) is 0. The summed E-state index contributed by atoms with van der Waals surface area (Å²) in [6.07, 6.45) is 3.66. The van der Waals surface area contributed by atoms with Gasteiger partial charge in [0.15, 0.2) is 6.10 Å². The molecule has 1 aromatic rings. The predicted molar refractivity (Wildman–Crippen MR) is 98.3 cm³/mol. The molecule has 0 bridgehead atoms. The van der Waals surface area contributed by atoms with Gasteiger partial charge in [0.05, 0.1) is 6.61 Å². The standard InChI is InChI=1S/C20H28N2O4/c1-3-25-20(24)22-13-11-21(12-14-22)19(23)15(2)26-18-10-6-8-16-7-4-5-9-17(16)18/h6,8,10,15H,3-5,7,9,11-14H2,1-2H3/t15-/m1/s1. The molecule has 0 aromatic heterocycles. The van der Waals surface area contributed by atoms with E-state index in [1.165, 1.54) is 24.0 Å². The van der Waals surface area contributed by atoms with Crippen molar-refractivity contribution in [3.63, 3.8) is 0 Å². The molecule has 26 heavy (non-hydrogen) atoms. The highest BCUT2D eigenvalue weighted by atomic mass is 16.6. The number of nitrogens with zero attached hydrogens (tertiary/aromatic N) is 2. The molecule has 1 aliphatic carbocycles. The molecule has 1 fully saturated rings. The van der Waals surface area contributed by atoms with E-state index in [0.717, 1.165) is 18.6 Å². The van der Waals surface area contributed by atoms with Crippen molar-refractivity contribution < 1.29 is 19.1 Å². The van der Waals surface area contributed by atoms with Crippen LogP contribution in [0.3, 0.4) is 0 Å². The van der Waals surface area contributed by atoms with Crippen LogP contribution in [0.2, 0.25) is 0 Å². The van der Waals surface area contributed by atoms with Gasteiger partial charge in [-0.25, -0.2) is 4.79 Å². The Hall–Kier alpha value is -2.24. The van der Waals surface area contributed by atoms with Gasteiger partial charge in [0.2, 0.25) is 0 Å². The van der Waals surface area contributed by atoms with Gasteiger partial charge in [-0.3, -0.25) is 4.79 Å². The number of carbonyl (C=O) groups is 2. The third-order valence-corrected chi connectivity index (χ3v) is 5.12. The van der Waals surface area contributed by atoms with Gasteiger partial charge in [-0.05, 0) is 56.7 Å². The van der Waals surface area contributed by atoms with Crippen LogP contribution >= 0.6 is 0 Å². The minimum absolute atomic E-state index is 0.0260. The summed E-state index contributed by atoms with van der Waals surface area (Å²) in [5.41, 5.74) is 2.60. The fourth-order valence-corrected chi connectivity index (χ4v) is 3.68. The highest BCUT2D eigenvalue weighted by Gasteiger charge is 2.29. The molecule has 1 aromatic carbocycles. The maximum absolute atomic E-state index is 12.7. The molecule has 142 valence electrons. The summed E-state index contributed by atoms with van der Waals surface area (Å²) in [5.74, 6) is 0.815. The number of piperazine rings is 1. The molecule has 1 saturated heterocycles. The van der Waals surface area contributed by atoms with E-state index in [-0.39, 0.29) is 12.0 Å². The number of rotatable bonds is 4. The lowest BCUT2D eigenvalue weighted by atomic mass is 9.91. The molecule has 0 spiro atoms. The Labute approximate surface area is 155 Å². The van der Waals surface area contributed by atoms with Crippen LogP contribution in [-0.4, -0.2) is 60.7 Å². The molecule has 0 radical (unpaired) electrons. The summed E-state index contributed by atoms with van der Waals surface area (Å²) in [5, 5.41) is 0. The fourth-order valence-electron chi connectivity index (χ4n) is 3.68. The largest absolute Gasteiger partial charge is 0.481 e. The molecule has 0 unspecified atom stereocenters. The van der Waals surface area contributed by atoms with E-state index < -0.39 is 6.10 Å². The first-order chi connectivity index (χ1) is 12.6. The van der Waals surface area contributed by atoms with E-state index in [2.05, 4.69) is 6.07 Å². The van der Waals surface area contributed by atoms with Crippen LogP contribution in [0.4, 0.5) is 4.79 Å². The number of fused-ring (bicyclic) bond motifs is 1. The molecule has 1 heterocycles. The topological polar surface area (TPSA) is 59.1 Å². The van der Waals surface area contributed by atoms with E-state index in [9.17, 15) is 9.59 Å². The minimum Gasteiger partial charge on any atom is -0.481 e. The molecular formula is C20H28N2O4. The average Bonchev–Trinajstić information content (AvgIpc) is 2.68. The van der Waals surface area contributed by atoms with Crippen LogP contribution in [0.25, 0.3) is 0 Å². The van der Waals surface area contributed by atoms with Crippen molar-refractivity contribution in [3.05, 3.63) is 29.3 Å². The lowest BCUT2D eigenvalue weighted by Crippen LogP contribution is -2.53. The number of carbonyl (C=O) groups excluding carboxylic acids is 2. The number of aryl methyl sites for hydroxylation is 1. The van der Waals surface area contributed by atoms with Gasteiger partial charge >= 0.3 is 6.09 Å². The van der Waals surface area contributed by atoms with Gasteiger partial charge in [0, 0.05) is 26.2 Å². The molecule has 1 aliphatic heterocycles. The van der Waals surface area contributed by atoms with Crippen molar-refractivity contribution in [2.75, 3.05) is 32.8 Å². The van der Waals surface area contributed by atoms with Crippen LogP contribution in [0.1, 0.15) is 37.8 Å². The van der Waals surface area contributed by atoms with Gasteiger partial charge in [0.25, 0.3) is 5.91 Å². The summed E-state index contributed by atoms with van der Waals surface area (Å²) < 4.78 is 11.1. The van der Waals surface area contributed by atoms with Crippen LogP contribution in [0, 0.1) is 0 Å². The second-order valence-electron chi connectivity index (χ2n) is 6.87. The predicted octanol–water partition coefficient (Wildman–Crippen LogP) is 2.63. The van der Waals surface area contributed by atoms with Crippen LogP contribution in [-0.2, 0) is 22.4 Å². The molecule has 1 atom stereocenters. The Balaban J connectivity index is 1.57. The summed E-state index contributed by atoms with van der Waals surface area (Å²) in [6.45, 7) is 5.98. The first-order valence-electron chi connectivity index (χ1n) is 9.58. The second kappa shape index (κ2) is 8.43. The van der Waals surface area contributed by atoms with Gasteiger partial charge in [-0.15, -0.1) is 0 Å². The highest BCUT2D eigenvalue weighted by Crippen LogP contribution is 2.30.